The lowest BCUT2D eigenvalue weighted by Gasteiger charge is -2.18. The average molecular weight is 356 g/mol. The van der Waals surface area contributed by atoms with Crippen molar-refractivity contribution in [3.05, 3.63) is 28.2 Å². The molecule has 1 atom stereocenters. The fourth-order valence-corrected chi connectivity index (χ4v) is 3.54. The molecule has 1 fully saturated rings. The molecule has 1 aliphatic rings. The van der Waals surface area contributed by atoms with Gasteiger partial charge in [0.25, 0.3) is 0 Å². The summed E-state index contributed by atoms with van der Waals surface area (Å²) >= 11 is 4.61. The number of hydrogen-bond acceptors (Lipinski definition) is 4. The molecule has 0 aliphatic carbocycles. The van der Waals surface area contributed by atoms with Crippen LogP contribution in [0.2, 0.25) is 0 Å². The largest absolute Gasteiger partial charge is 0.310 e. The zero-order valence-electron chi connectivity index (χ0n) is 11.2. The van der Waals surface area contributed by atoms with E-state index in [2.05, 4.69) is 15.9 Å². The van der Waals surface area contributed by atoms with Gasteiger partial charge in [0, 0.05) is 35.2 Å². The van der Waals surface area contributed by atoms with E-state index in [0.29, 0.717) is 24.2 Å². The maximum absolute atomic E-state index is 12.1. The minimum atomic E-state index is -0.0416. The van der Waals surface area contributed by atoms with Gasteiger partial charge < -0.3 is 4.90 Å². The Balaban J connectivity index is 2.27. The van der Waals surface area contributed by atoms with E-state index < -0.39 is 0 Å². The number of halogens is 1. The lowest BCUT2D eigenvalue weighted by molar-refractivity contribution is -0.117. The first kappa shape index (κ1) is 15.3. The number of thioether (sulfide) groups is 1. The first-order valence-electron chi connectivity index (χ1n) is 6.16. The third kappa shape index (κ3) is 3.30. The normalized spacial score (nSPS) is 18.4. The molecule has 1 aromatic carbocycles. The summed E-state index contributed by atoms with van der Waals surface area (Å²) in [4.78, 5) is 36.3. The molecule has 20 heavy (non-hydrogen) atoms. The summed E-state index contributed by atoms with van der Waals surface area (Å²) in [5.41, 5.74) is 1.26. The molecule has 0 bridgehead atoms. The van der Waals surface area contributed by atoms with Crippen molar-refractivity contribution in [1.82, 2.24) is 0 Å². The van der Waals surface area contributed by atoms with Crippen LogP contribution in [0.3, 0.4) is 0 Å². The second-order valence-electron chi connectivity index (χ2n) is 4.66. The molecule has 1 amide bonds. The van der Waals surface area contributed by atoms with Crippen LogP contribution in [0.1, 0.15) is 30.6 Å². The zero-order valence-corrected chi connectivity index (χ0v) is 13.6. The van der Waals surface area contributed by atoms with Crippen molar-refractivity contribution in [2.45, 2.75) is 25.5 Å². The third-order valence-corrected chi connectivity index (χ3v) is 4.72. The van der Waals surface area contributed by atoms with Crippen molar-refractivity contribution in [3.8, 4) is 0 Å². The highest BCUT2D eigenvalue weighted by atomic mass is 79.9. The number of carbonyl (C=O) groups is 3. The van der Waals surface area contributed by atoms with Gasteiger partial charge in [-0.1, -0.05) is 17.8 Å². The summed E-state index contributed by atoms with van der Waals surface area (Å²) in [6.07, 6.45) is 0.348. The SMILES string of the molecule is CC(=O)SC1CC(=O)N(c2cc(C(C)=O)ccc2Br)C1. The van der Waals surface area contributed by atoms with E-state index in [0.717, 1.165) is 4.47 Å². The Morgan fingerprint density at radius 1 is 1.35 bits per heavy atom. The Morgan fingerprint density at radius 3 is 2.65 bits per heavy atom. The second-order valence-corrected chi connectivity index (χ2v) is 6.99. The van der Waals surface area contributed by atoms with Crippen molar-refractivity contribution >= 4 is 50.2 Å². The Morgan fingerprint density at radius 2 is 2.05 bits per heavy atom. The van der Waals surface area contributed by atoms with Crippen LogP contribution in [0.5, 0.6) is 0 Å². The molecule has 0 aromatic heterocycles. The maximum Gasteiger partial charge on any atom is 0.228 e. The first-order chi connectivity index (χ1) is 9.38. The Hall–Kier alpha value is -1.14. The van der Waals surface area contributed by atoms with Gasteiger partial charge >= 0.3 is 0 Å². The van der Waals surface area contributed by atoms with Gasteiger partial charge in [0.15, 0.2) is 10.9 Å². The third-order valence-electron chi connectivity index (χ3n) is 3.07. The van der Waals surface area contributed by atoms with Gasteiger partial charge in [-0.15, -0.1) is 0 Å². The van der Waals surface area contributed by atoms with Crippen LogP contribution in [-0.2, 0) is 9.59 Å². The van der Waals surface area contributed by atoms with Gasteiger partial charge in [0.1, 0.15) is 0 Å². The quantitative estimate of drug-likeness (QED) is 0.782. The smallest absolute Gasteiger partial charge is 0.228 e. The van der Waals surface area contributed by atoms with E-state index in [1.54, 1.807) is 23.1 Å². The number of Topliss-reactive ketones (excluding diaryl/α,β-unsaturated/α-hetero) is 1. The van der Waals surface area contributed by atoms with Crippen LogP contribution in [0, 0.1) is 0 Å². The highest BCUT2D eigenvalue weighted by molar-refractivity contribution is 9.10. The number of ketones is 1. The minimum Gasteiger partial charge on any atom is -0.310 e. The summed E-state index contributed by atoms with van der Waals surface area (Å²) in [6, 6.07) is 5.20. The lowest BCUT2D eigenvalue weighted by atomic mass is 10.1. The van der Waals surface area contributed by atoms with Crippen LogP contribution < -0.4 is 4.90 Å². The molecule has 1 unspecified atom stereocenters. The van der Waals surface area contributed by atoms with Crippen LogP contribution in [-0.4, -0.2) is 28.6 Å². The number of anilines is 1. The first-order valence-corrected chi connectivity index (χ1v) is 7.84. The van der Waals surface area contributed by atoms with Crippen molar-refractivity contribution in [3.63, 3.8) is 0 Å². The van der Waals surface area contributed by atoms with Crippen LogP contribution in [0.15, 0.2) is 22.7 Å². The summed E-state index contributed by atoms with van der Waals surface area (Å²) in [7, 11) is 0. The maximum atomic E-state index is 12.1. The second kappa shape index (κ2) is 6.10. The van der Waals surface area contributed by atoms with E-state index in [1.165, 1.54) is 25.6 Å². The van der Waals surface area contributed by atoms with Crippen molar-refractivity contribution in [2.75, 3.05) is 11.4 Å². The molecular formula is C14H14BrNO3S. The molecule has 1 aliphatic heterocycles. The van der Waals surface area contributed by atoms with Gasteiger partial charge in [-0.3, -0.25) is 14.4 Å². The topological polar surface area (TPSA) is 54.5 Å². The Bertz CT molecular complexity index is 588. The number of nitrogens with zero attached hydrogens (tertiary/aromatic N) is 1. The highest BCUT2D eigenvalue weighted by Gasteiger charge is 2.33. The van der Waals surface area contributed by atoms with E-state index in [4.69, 9.17) is 0 Å². The number of rotatable bonds is 3. The van der Waals surface area contributed by atoms with Gasteiger partial charge in [0.05, 0.1) is 5.69 Å². The summed E-state index contributed by atoms with van der Waals surface area (Å²) < 4.78 is 0.768. The predicted molar refractivity (Wildman–Crippen MR) is 83.2 cm³/mol. The van der Waals surface area contributed by atoms with Gasteiger partial charge in [-0.2, -0.15) is 0 Å². The highest BCUT2D eigenvalue weighted by Crippen LogP contribution is 2.34. The molecule has 0 saturated carbocycles. The van der Waals surface area contributed by atoms with E-state index in [9.17, 15) is 14.4 Å². The number of carbonyl (C=O) groups excluding carboxylic acids is 3. The van der Waals surface area contributed by atoms with Crippen molar-refractivity contribution in [1.29, 1.82) is 0 Å². The molecular weight excluding hydrogens is 342 g/mol. The van der Waals surface area contributed by atoms with Gasteiger partial charge in [-0.05, 0) is 35.0 Å². The van der Waals surface area contributed by atoms with Crippen LogP contribution in [0.4, 0.5) is 5.69 Å². The zero-order chi connectivity index (χ0) is 14.9. The number of hydrogen-bond donors (Lipinski definition) is 0. The average Bonchev–Trinajstić information content (AvgIpc) is 2.69. The molecule has 4 nitrogen and oxygen atoms in total. The molecule has 6 heteroatoms. The van der Waals surface area contributed by atoms with E-state index in [-0.39, 0.29) is 22.1 Å². The minimum absolute atomic E-state index is 0.0150. The van der Waals surface area contributed by atoms with E-state index >= 15 is 0 Å². The number of amides is 1. The molecule has 106 valence electrons. The lowest BCUT2D eigenvalue weighted by Crippen LogP contribution is -2.25. The Labute approximate surface area is 130 Å². The van der Waals surface area contributed by atoms with Crippen molar-refractivity contribution in [2.24, 2.45) is 0 Å². The van der Waals surface area contributed by atoms with Gasteiger partial charge in [-0.25, -0.2) is 0 Å². The summed E-state index contributed by atoms with van der Waals surface area (Å²) in [5, 5.41) is -0.00548. The Kier molecular flexibility index (Phi) is 4.65. The van der Waals surface area contributed by atoms with E-state index in [1.807, 2.05) is 0 Å². The molecule has 1 aromatic rings. The summed E-state index contributed by atoms with van der Waals surface area (Å²) in [5.74, 6) is -0.0646. The molecule has 0 spiro atoms. The molecule has 1 saturated heterocycles. The van der Waals surface area contributed by atoms with Crippen LogP contribution in [0.25, 0.3) is 0 Å². The molecule has 0 radical (unpaired) electrons. The molecule has 1 heterocycles. The standard InChI is InChI=1S/C14H14BrNO3S/c1-8(17)10-3-4-12(15)13(5-10)16-7-11(6-14(16)19)20-9(2)18/h3-5,11H,6-7H2,1-2H3. The fourth-order valence-electron chi connectivity index (χ4n) is 2.16. The van der Waals surface area contributed by atoms with Crippen molar-refractivity contribution < 1.29 is 14.4 Å². The number of benzene rings is 1. The fraction of sp³-hybridized carbons (Fsp3) is 0.357. The monoisotopic (exact) mass is 355 g/mol. The summed E-state index contributed by atoms with van der Waals surface area (Å²) in [6.45, 7) is 3.49. The van der Waals surface area contributed by atoms with Gasteiger partial charge in [0.2, 0.25) is 5.91 Å². The molecule has 0 N–H and O–H groups in total. The predicted octanol–water partition coefficient (Wildman–Crippen LogP) is 3.04. The van der Waals surface area contributed by atoms with Crippen LogP contribution >= 0.6 is 27.7 Å². The molecule has 2 rings (SSSR count).